The minimum atomic E-state index is 0.531. The molecular formula is C18H28N2. The van der Waals surface area contributed by atoms with E-state index in [1.165, 1.54) is 50.6 Å². The molecule has 0 aromatic heterocycles. The van der Waals surface area contributed by atoms with Crippen LogP contribution in [0.5, 0.6) is 0 Å². The first-order chi connectivity index (χ1) is 9.88. The van der Waals surface area contributed by atoms with Crippen LogP contribution in [0.3, 0.4) is 0 Å². The summed E-state index contributed by atoms with van der Waals surface area (Å²) in [5.74, 6) is 0.947. The number of piperidine rings is 1. The molecule has 2 nitrogen and oxygen atoms in total. The summed E-state index contributed by atoms with van der Waals surface area (Å²) in [5.41, 5.74) is 7.56. The standard InChI is InChI=1S/C18H28N2/c19-14-17(13-15-7-2-1-3-8-15)20-12-6-10-16-9-4-5-11-18(16)20/h1-3,7-8,16-18H,4-6,9-14,19H2/t16-,17?,18-/m1/s1. The van der Waals surface area contributed by atoms with Crippen LogP contribution in [0, 0.1) is 5.92 Å². The third-order valence-electron chi connectivity index (χ3n) is 5.34. The lowest BCUT2D eigenvalue weighted by molar-refractivity contribution is 0.0284. The lowest BCUT2D eigenvalue weighted by atomic mass is 9.77. The van der Waals surface area contributed by atoms with Crippen molar-refractivity contribution < 1.29 is 0 Å². The largest absolute Gasteiger partial charge is 0.329 e. The fourth-order valence-corrected chi connectivity index (χ4v) is 4.34. The molecule has 3 atom stereocenters. The summed E-state index contributed by atoms with van der Waals surface area (Å²) < 4.78 is 0. The molecule has 0 bridgehead atoms. The SMILES string of the molecule is NCC(Cc1ccccc1)N1CCC[C@H]2CCCC[C@H]21. The number of nitrogens with two attached hydrogens (primary N) is 1. The molecule has 3 rings (SSSR count). The summed E-state index contributed by atoms with van der Waals surface area (Å²) in [7, 11) is 0. The van der Waals surface area contributed by atoms with Crippen molar-refractivity contribution in [1.29, 1.82) is 0 Å². The van der Waals surface area contributed by atoms with Gasteiger partial charge in [-0.3, -0.25) is 4.90 Å². The average Bonchev–Trinajstić information content (AvgIpc) is 2.53. The molecule has 2 aliphatic rings. The van der Waals surface area contributed by atoms with Crippen LogP contribution in [0.15, 0.2) is 30.3 Å². The molecule has 1 saturated carbocycles. The van der Waals surface area contributed by atoms with Gasteiger partial charge < -0.3 is 5.73 Å². The van der Waals surface area contributed by atoms with Crippen molar-refractivity contribution in [2.45, 2.75) is 57.0 Å². The van der Waals surface area contributed by atoms with Gasteiger partial charge in [-0.2, -0.15) is 0 Å². The molecule has 1 aromatic carbocycles. The zero-order valence-electron chi connectivity index (χ0n) is 12.5. The van der Waals surface area contributed by atoms with Crippen molar-refractivity contribution in [2.75, 3.05) is 13.1 Å². The van der Waals surface area contributed by atoms with Gasteiger partial charge in [0.05, 0.1) is 0 Å². The van der Waals surface area contributed by atoms with Gasteiger partial charge in [0.1, 0.15) is 0 Å². The second-order valence-electron chi connectivity index (χ2n) is 6.57. The van der Waals surface area contributed by atoms with Crippen molar-refractivity contribution in [3.8, 4) is 0 Å². The van der Waals surface area contributed by atoms with Crippen LogP contribution >= 0.6 is 0 Å². The Bertz CT molecular complexity index is 401. The summed E-state index contributed by atoms with van der Waals surface area (Å²) in [6, 6.07) is 12.2. The van der Waals surface area contributed by atoms with Gasteiger partial charge in [0.2, 0.25) is 0 Å². The van der Waals surface area contributed by atoms with Crippen LogP contribution in [0.4, 0.5) is 0 Å². The predicted molar refractivity (Wildman–Crippen MR) is 84.7 cm³/mol. The Morgan fingerprint density at radius 3 is 2.60 bits per heavy atom. The smallest absolute Gasteiger partial charge is 0.0261 e. The lowest BCUT2D eigenvalue weighted by Gasteiger charge is -2.47. The highest BCUT2D eigenvalue weighted by molar-refractivity contribution is 5.16. The fraction of sp³-hybridized carbons (Fsp3) is 0.667. The van der Waals surface area contributed by atoms with E-state index in [-0.39, 0.29) is 0 Å². The van der Waals surface area contributed by atoms with Crippen molar-refractivity contribution in [3.05, 3.63) is 35.9 Å². The monoisotopic (exact) mass is 272 g/mol. The maximum absolute atomic E-state index is 6.13. The molecular weight excluding hydrogens is 244 g/mol. The molecule has 0 amide bonds. The van der Waals surface area contributed by atoms with Crippen LogP contribution < -0.4 is 5.73 Å². The first-order valence-corrected chi connectivity index (χ1v) is 8.38. The van der Waals surface area contributed by atoms with Gasteiger partial charge >= 0.3 is 0 Å². The Kier molecular flexibility index (Phi) is 4.74. The highest BCUT2D eigenvalue weighted by Gasteiger charge is 2.36. The van der Waals surface area contributed by atoms with Gasteiger partial charge in [0.25, 0.3) is 0 Å². The van der Waals surface area contributed by atoms with E-state index < -0.39 is 0 Å². The summed E-state index contributed by atoms with van der Waals surface area (Å²) in [5, 5.41) is 0. The molecule has 0 radical (unpaired) electrons. The second-order valence-corrected chi connectivity index (χ2v) is 6.57. The summed E-state index contributed by atoms with van der Waals surface area (Å²) >= 11 is 0. The van der Waals surface area contributed by atoms with Crippen LogP contribution in [-0.4, -0.2) is 30.1 Å². The second kappa shape index (κ2) is 6.73. The van der Waals surface area contributed by atoms with Gasteiger partial charge in [-0.05, 0) is 50.1 Å². The highest BCUT2D eigenvalue weighted by Crippen LogP contribution is 2.36. The fourth-order valence-electron chi connectivity index (χ4n) is 4.34. The van der Waals surface area contributed by atoms with E-state index in [9.17, 15) is 0 Å². The van der Waals surface area contributed by atoms with Gasteiger partial charge in [-0.15, -0.1) is 0 Å². The van der Waals surface area contributed by atoms with Crippen LogP contribution in [0.2, 0.25) is 0 Å². The number of benzene rings is 1. The zero-order valence-corrected chi connectivity index (χ0v) is 12.5. The zero-order chi connectivity index (χ0) is 13.8. The third kappa shape index (κ3) is 3.07. The van der Waals surface area contributed by atoms with Crippen molar-refractivity contribution in [2.24, 2.45) is 11.7 Å². The predicted octanol–water partition coefficient (Wildman–Crippen LogP) is 3.21. The molecule has 2 N–H and O–H groups in total. The van der Waals surface area contributed by atoms with Gasteiger partial charge in [0, 0.05) is 18.6 Å². The first-order valence-electron chi connectivity index (χ1n) is 8.38. The van der Waals surface area contributed by atoms with E-state index in [0.29, 0.717) is 6.04 Å². The number of rotatable bonds is 4. The molecule has 1 saturated heterocycles. The van der Waals surface area contributed by atoms with Crippen LogP contribution in [-0.2, 0) is 6.42 Å². The average molecular weight is 272 g/mol. The molecule has 1 unspecified atom stereocenters. The Hall–Kier alpha value is -0.860. The van der Waals surface area contributed by atoms with Crippen molar-refractivity contribution >= 4 is 0 Å². The third-order valence-corrected chi connectivity index (χ3v) is 5.34. The molecule has 1 aliphatic carbocycles. The van der Waals surface area contributed by atoms with Gasteiger partial charge in [-0.25, -0.2) is 0 Å². The van der Waals surface area contributed by atoms with Crippen molar-refractivity contribution in [1.82, 2.24) is 4.90 Å². The normalized spacial score (nSPS) is 28.9. The number of likely N-dealkylation sites (tertiary alicyclic amines) is 1. The number of nitrogens with zero attached hydrogens (tertiary/aromatic N) is 1. The number of hydrogen-bond acceptors (Lipinski definition) is 2. The van der Waals surface area contributed by atoms with E-state index in [2.05, 4.69) is 35.2 Å². The van der Waals surface area contributed by atoms with Crippen molar-refractivity contribution in [3.63, 3.8) is 0 Å². The maximum atomic E-state index is 6.13. The molecule has 0 spiro atoms. The Labute approximate surface area is 123 Å². The Morgan fingerprint density at radius 2 is 1.80 bits per heavy atom. The molecule has 110 valence electrons. The van der Waals surface area contributed by atoms with E-state index in [0.717, 1.165) is 24.9 Å². The van der Waals surface area contributed by atoms with Crippen LogP contribution in [0.25, 0.3) is 0 Å². The van der Waals surface area contributed by atoms with E-state index in [4.69, 9.17) is 5.73 Å². The highest BCUT2D eigenvalue weighted by atomic mass is 15.2. The number of hydrogen-bond donors (Lipinski definition) is 1. The van der Waals surface area contributed by atoms with E-state index >= 15 is 0 Å². The first kappa shape index (κ1) is 14.1. The summed E-state index contributed by atoms with van der Waals surface area (Å²) in [6.45, 7) is 2.05. The lowest BCUT2D eigenvalue weighted by Crippen LogP contribution is -2.54. The van der Waals surface area contributed by atoms with E-state index in [1.54, 1.807) is 0 Å². The van der Waals surface area contributed by atoms with E-state index in [1.807, 2.05) is 0 Å². The molecule has 1 aromatic rings. The minimum Gasteiger partial charge on any atom is -0.329 e. The molecule has 1 aliphatic heterocycles. The number of fused-ring (bicyclic) bond motifs is 1. The quantitative estimate of drug-likeness (QED) is 0.912. The molecule has 20 heavy (non-hydrogen) atoms. The maximum Gasteiger partial charge on any atom is 0.0261 e. The van der Waals surface area contributed by atoms with Gasteiger partial charge in [-0.1, -0.05) is 43.2 Å². The topological polar surface area (TPSA) is 29.3 Å². The van der Waals surface area contributed by atoms with Gasteiger partial charge in [0.15, 0.2) is 0 Å². The Morgan fingerprint density at radius 1 is 1.05 bits per heavy atom. The van der Waals surface area contributed by atoms with Crippen LogP contribution in [0.1, 0.15) is 44.1 Å². The molecule has 2 fully saturated rings. The minimum absolute atomic E-state index is 0.531. The summed E-state index contributed by atoms with van der Waals surface area (Å²) in [6.07, 6.45) is 9.64. The Balaban J connectivity index is 1.70. The molecule has 2 heteroatoms. The summed E-state index contributed by atoms with van der Waals surface area (Å²) in [4.78, 5) is 2.76. The molecule has 1 heterocycles.